The highest BCUT2D eigenvalue weighted by molar-refractivity contribution is 5.69. The predicted octanol–water partition coefficient (Wildman–Crippen LogP) is 4.82. The first-order valence-corrected chi connectivity index (χ1v) is 9.17. The van der Waals surface area contributed by atoms with Crippen molar-refractivity contribution >= 4 is 6.09 Å². The van der Waals surface area contributed by atoms with E-state index in [1.807, 2.05) is 20.8 Å². The van der Waals surface area contributed by atoms with Crippen molar-refractivity contribution in [1.29, 1.82) is 0 Å². The lowest BCUT2D eigenvalue weighted by atomic mass is 9.88. The van der Waals surface area contributed by atoms with Gasteiger partial charge in [-0.25, -0.2) is 9.18 Å². The van der Waals surface area contributed by atoms with Crippen LogP contribution in [-0.4, -0.2) is 33.8 Å². The van der Waals surface area contributed by atoms with E-state index in [1.165, 1.54) is 12.1 Å². The van der Waals surface area contributed by atoms with E-state index in [1.54, 1.807) is 17.0 Å². The van der Waals surface area contributed by atoms with Gasteiger partial charge in [-0.2, -0.15) is 0 Å². The number of rotatable bonds is 4. The Morgan fingerprint density at radius 2 is 2.12 bits per heavy atom. The molecule has 5 heteroatoms. The fourth-order valence-corrected chi connectivity index (χ4v) is 3.55. The molecule has 4 nitrogen and oxygen atoms in total. The van der Waals surface area contributed by atoms with E-state index in [4.69, 9.17) is 4.74 Å². The molecule has 0 spiro atoms. The van der Waals surface area contributed by atoms with E-state index in [9.17, 15) is 14.3 Å². The first-order chi connectivity index (χ1) is 11.7. The van der Waals surface area contributed by atoms with Crippen LogP contribution < -0.4 is 0 Å². The van der Waals surface area contributed by atoms with Crippen molar-refractivity contribution in [1.82, 2.24) is 4.90 Å². The van der Waals surface area contributed by atoms with E-state index in [-0.39, 0.29) is 11.9 Å². The summed E-state index contributed by atoms with van der Waals surface area (Å²) in [5.41, 5.74) is -0.102. The van der Waals surface area contributed by atoms with Gasteiger partial charge in [0.15, 0.2) is 0 Å². The molecule has 25 heavy (non-hydrogen) atoms. The van der Waals surface area contributed by atoms with Gasteiger partial charge in [0.2, 0.25) is 0 Å². The van der Waals surface area contributed by atoms with Gasteiger partial charge in [0.05, 0.1) is 12.1 Å². The number of carbonyl (C=O) groups is 1. The van der Waals surface area contributed by atoms with Crippen molar-refractivity contribution < 1.29 is 19.0 Å². The summed E-state index contributed by atoms with van der Waals surface area (Å²) in [6.45, 7) is 7.59. The Morgan fingerprint density at radius 3 is 2.72 bits per heavy atom. The van der Waals surface area contributed by atoms with Crippen LogP contribution in [0.5, 0.6) is 0 Å². The normalized spacial score (nSPS) is 22.6. The molecule has 0 bridgehead atoms. The zero-order chi connectivity index (χ0) is 18.6. The molecule has 1 N–H and O–H groups in total. The van der Waals surface area contributed by atoms with Crippen LogP contribution in [-0.2, 0) is 4.74 Å². The fourth-order valence-electron chi connectivity index (χ4n) is 3.55. The third kappa shape index (κ3) is 5.18. The van der Waals surface area contributed by atoms with Crippen LogP contribution in [0.3, 0.4) is 0 Å². The maximum atomic E-state index is 13.6. The van der Waals surface area contributed by atoms with Gasteiger partial charge < -0.3 is 9.84 Å². The van der Waals surface area contributed by atoms with Gasteiger partial charge in [-0.15, -0.1) is 0 Å². The van der Waals surface area contributed by atoms with Crippen molar-refractivity contribution in [2.75, 3.05) is 0 Å². The standard InChI is InChI=1S/C20H30FNO3/c1-5-8-16-11-7-12-17(22(16)19(24)25-20(2,3)4)18(23)14-9-6-10-15(21)13-14/h6,9-10,13,16-18,23H,5,7-8,11-12H2,1-4H3/t16-,17+,18-/m0/s1. The second-order valence-corrected chi connectivity index (χ2v) is 7.83. The number of hydrogen-bond acceptors (Lipinski definition) is 3. The molecule has 1 aromatic carbocycles. The zero-order valence-electron chi connectivity index (χ0n) is 15.7. The van der Waals surface area contributed by atoms with Gasteiger partial charge in [0, 0.05) is 6.04 Å². The molecule has 1 fully saturated rings. The van der Waals surface area contributed by atoms with E-state index in [0.717, 1.165) is 25.7 Å². The summed E-state index contributed by atoms with van der Waals surface area (Å²) in [5.74, 6) is -0.388. The van der Waals surface area contributed by atoms with Crippen molar-refractivity contribution in [3.8, 4) is 0 Å². The molecular weight excluding hydrogens is 321 g/mol. The minimum absolute atomic E-state index is 0.0433. The number of aliphatic hydroxyl groups excluding tert-OH is 1. The quantitative estimate of drug-likeness (QED) is 0.846. The first-order valence-electron chi connectivity index (χ1n) is 9.17. The Balaban J connectivity index is 2.29. The third-order valence-corrected chi connectivity index (χ3v) is 4.57. The van der Waals surface area contributed by atoms with E-state index >= 15 is 0 Å². The Hall–Kier alpha value is -1.62. The Bertz CT molecular complexity index is 583. The molecule has 3 atom stereocenters. The highest BCUT2D eigenvalue weighted by atomic mass is 19.1. The summed E-state index contributed by atoms with van der Waals surface area (Å²) in [7, 11) is 0. The minimum atomic E-state index is -0.928. The fraction of sp³-hybridized carbons (Fsp3) is 0.650. The lowest BCUT2D eigenvalue weighted by Crippen LogP contribution is -2.53. The topological polar surface area (TPSA) is 49.8 Å². The lowest BCUT2D eigenvalue weighted by molar-refractivity contribution is -0.0368. The number of carbonyl (C=O) groups excluding carboxylic acids is 1. The average Bonchev–Trinajstić information content (AvgIpc) is 2.52. The monoisotopic (exact) mass is 351 g/mol. The largest absolute Gasteiger partial charge is 0.444 e. The molecule has 0 aliphatic carbocycles. The van der Waals surface area contributed by atoms with Crippen LogP contribution in [0.2, 0.25) is 0 Å². The maximum Gasteiger partial charge on any atom is 0.410 e. The number of benzene rings is 1. The maximum absolute atomic E-state index is 13.6. The second kappa shape index (κ2) is 8.17. The van der Waals surface area contributed by atoms with Gasteiger partial charge in [0.25, 0.3) is 0 Å². The van der Waals surface area contributed by atoms with Gasteiger partial charge in [-0.1, -0.05) is 25.5 Å². The van der Waals surface area contributed by atoms with Crippen molar-refractivity contribution in [3.63, 3.8) is 0 Å². The number of halogens is 1. The van der Waals surface area contributed by atoms with Crippen LogP contribution in [0, 0.1) is 5.82 Å². The summed E-state index contributed by atoms with van der Waals surface area (Å²) in [6.07, 6.45) is 3.00. The molecule has 0 saturated carbocycles. The molecule has 0 aromatic heterocycles. The number of amides is 1. The summed E-state index contributed by atoms with van der Waals surface area (Å²) < 4.78 is 19.1. The van der Waals surface area contributed by atoms with Gasteiger partial charge in [-0.3, -0.25) is 4.90 Å². The molecular formula is C20H30FNO3. The highest BCUT2D eigenvalue weighted by Gasteiger charge is 2.40. The number of piperidine rings is 1. The van der Waals surface area contributed by atoms with E-state index in [0.29, 0.717) is 12.0 Å². The molecule has 1 aliphatic heterocycles. The first kappa shape index (κ1) is 19.7. The van der Waals surface area contributed by atoms with Gasteiger partial charge >= 0.3 is 6.09 Å². The minimum Gasteiger partial charge on any atom is -0.444 e. The molecule has 0 radical (unpaired) electrons. The van der Waals surface area contributed by atoms with Crippen molar-refractivity contribution in [3.05, 3.63) is 35.6 Å². The Morgan fingerprint density at radius 1 is 1.40 bits per heavy atom. The highest BCUT2D eigenvalue weighted by Crippen LogP contribution is 2.34. The molecule has 0 unspecified atom stereocenters. The molecule has 1 heterocycles. The number of likely N-dealkylation sites (tertiary alicyclic amines) is 1. The third-order valence-electron chi connectivity index (χ3n) is 4.57. The molecule has 1 aromatic rings. The summed E-state index contributed by atoms with van der Waals surface area (Å²) in [4.78, 5) is 14.5. The SMILES string of the molecule is CCC[C@H]1CCC[C@H]([C@@H](O)c2cccc(F)c2)N1C(=O)OC(C)(C)C. The summed E-state index contributed by atoms with van der Waals surface area (Å²) in [6, 6.07) is 5.61. The lowest BCUT2D eigenvalue weighted by Gasteiger charge is -2.44. The van der Waals surface area contributed by atoms with Crippen molar-refractivity contribution in [2.45, 2.75) is 83.6 Å². The van der Waals surface area contributed by atoms with Crippen LogP contribution in [0.4, 0.5) is 9.18 Å². The number of aliphatic hydroxyl groups is 1. The van der Waals surface area contributed by atoms with Crippen LogP contribution >= 0.6 is 0 Å². The Labute approximate surface area is 150 Å². The average molecular weight is 351 g/mol. The summed E-state index contributed by atoms with van der Waals surface area (Å²) in [5, 5.41) is 10.9. The van der Waals surface area contributed by atoms with Crippen LogP contribution in [0.15, 0.2) is 24.3 Å². The Kier molecular flexibility index (Phi) is 6.44. The molecule has 1 aliphatic rings. The predicted molar refractivity (Wildman–Crippen MR) is 95.8 cm³/mol. The van der Waals surface area contributed by atoms with Crippen molar-refractivity contribution in [2.24, 2.45) is 0 Å². The number of ether oxygens (including phenoxy) is 1. The van der Waals surface area contributed by atoms with E-state index in [2.05, 4.69) is 6.92 Å². The van der Waals surface area contributed by atoms with Crippen LogP contribution in [0.1, 0.15) is 71.5 Å². The second-order valence-electron chi connectivity index (χ2n) is 7.83. The zero-order valence-corrected chi connectivity index (χ0v) is 15.7. The number of nitrogens with zero attached hydrogens (tertiary/aromatic N) is 1. The molecule has 1 amide bonds. The molecule has 2 rings (SSSR count). The number of hydrogen-bond donors (Lipinski definition) is 1. The molecule has 140 valence electrons. The van der Waals surface area contributed by atoms with Gasteiger partial charge in [0.1, 0.15) is 11.4 Å². The summed E-state index contributed by atoms with van der Waals surface area (Å²) >= 11 is 0. The van der Waals surface area contributed by atoms with Crippen LogP contribution in [0.25, 0.3) is 0 Å². The van der Waals surface area contributed by atoms with E-state index < -0.39 is 23.8 Å². The molecule has 1 saturated heterocycles. The van der Waals surface area contributed by atoms with Gasteiger partial charge in [-0.05, 0) is 64.2 Å². The smallest absolute Gasteiger partial charge is 0.410 e.